The van der Waals surface area contributed by atoms with Gasteiger partial charge >= 0.3 is 0 Å². The summed E-state index contributed by atoms with van der Waals surface area (Å²) < 4.78 is 27.7. The van der Waals surface area contributed by atoms with Crippen LogP contribution in [0.1, 0.15) is 22.7 Å². The van der Waals surface area contributed by atoms with Gasteiger partial charge in [0.2, 0.25) is 0 Å². The highest BCUT2D eigenvalue weighted by Crippen LogP contribution is 2.24. The molecule has 2 N–H and O–H groups in total. The highest BCUT2D eigenvalue weighted by atomic mass is 79.9. The molecule has 2 aromatic rings. The average molecular weight is 326 g/mol. The van der Waals surface area contributed by atoms with Gasteiger partial charge in [0.25, 0.3) is 0 Å². The average Bonchev–Trinajstić information content (AvgIpc) is 2.34. The van der Waals surface area contributed by atoms with E-state index < -0.39 is 11.6 Å². The lowest BCUT2D eigenvalue weighted by atomic mass is 9.96. The number of benzene rings is 2. The highest BCUT2D eigenvalue weighted by molar-refractivity contribution is 9.10. The van der Waals surface area contributed by atoms with Gasteiger partial charge in [-0.05, 0) is 48.2 Å². The van der Waals surface area contributed by atoms with E-state index in [1.807, 2.05) is 25.1 Å². The van der Waals surface area contributed by atoms with Crippen molar-refractivity contribution in [1.82, 2.24) is 0 Å². The summed E-state index contributed by atoms with van der Waals surface area (Å²) in [5.74, 6) is -1.65. The lowest BCUT2D eigenvalue weighted by molar-refractivity contribution is 0.494. The fourth-order valence-corrected chi connectivity index (χ4v) is 2.58. The first kappa shape index (κ1) is 14.2. The molecule has 100 valence electrons. The van der Waals surface area contributed by atoms with Crippen molar-refractivity contribution >= 4 is 15.9 Å². The smallest absolute Gasteiger partial charge is 0.162 e. The van der Waals surface area contributed by atoms with Crippen molar-refractivity contribution < 1.29 is 8.78 Å². The van der Waals surface area contributed by atoms with Crippen LogP contribution in [-0.2, 0) is 6.42 Å². The van der Waals surface area contributed by atoms with E-state index in [1.54, 1.807) is 6.07 Å². The number of hydrogen-bond donors (Lipinski definition) is 1. The third-order valence-corrected chi connectivity index (χ3v) is 3.60. The fourth-order valence-electron chi connectivity index (χ4n) is 2.11. The normalized spacial score (nSPS) is 12.5. The Morgan fingerprint density at radius 1 is 1.21 bits per heavy atom. The van der Waals surface area contributed by atoms with Crippen LogP contribution >= 0.6 is 15.9 Å². The molecule has 1 atom stereocenters. The largest absolute Gasteiger partial charge is 0.324 e. The third-order valence-electron chi connectivity index (χ3n) is 3.10. The van der Waals surface area contributed by atoms with Crippen molar-refractivity contribution in [2.24, 2.45) is 5.73 Å². The van der Waals surface area contributed by atoms with E-state index in [4.69, 9.17) is 5.73 Å². The van der Waals surface area contributed by atoms with Crippen LogP contribution in [0.15, 0.2) is 40.9 Å². The molecule has 0 aromatic heterocycles. The number of nitrogens with two attached hydrogens (primary N) is 1. The van der Waals surface area contributed by atoms with Gasteiger partial charge in [0, 0.05) is 10.5 Å². The summed E-state index contributed by atoms with van der Waals surface area (Å²) in [4.78, 5) is 0. The minimum absolute atomic E-state index is 0.270. The third kappa shape index (κ3) is 3.19. The van der Waals surface area contributed by atoms with E-state index in [2.05, 4.69) is 15.9 Å². The van der Waals surface area contributed by atoms with Crippen LogP contribution in [0, 0.1) is 18.6 Å². The molecule has 1 nitrogen and oxygen atoms in total. The van der Waals surface area contributed by atoms with Gasteiger partial charge in [0.1, 0.15) is 0 Å². The second-order valence-electron chi connectivity index (χ2n) is 4.52. The van der Waals surface area contributed by atoms with E-state index in [0.29, 0.717) is 5.56 Å². The molecule has 0 saturated heterocycles. The minimum atomic E-state index is -0.836. The van der Waals surface area contributed by atoms with Gasteiger partial charge in [-0.2, -0.15) is 0 Å². The van der Waals surface area contributed by atoms with Gasteiger partial charge in [0.15, 0.2) is 11.6 Å². The van der Waals surface area contributed by atoms with Crippen LogP contribution in [-0.4, -0.2) is 0 Å². The van der Waals surface area contributed by atoms with Crippen LogP contribution in [0.2, 0.25) is 0 Å². The van der Waals surface area contributed by atoms with Gasteiger partial charge in [-0.15, -0.1) is 0 Å². The monoisotopic (exact) mass is 325 g/mol. The molecule has 0 amide bonds. The topological polar surface area (TPSA) is 26.0 Å². The summed E-state index contributed by atoms with van der Waals surface area (Å²) in [6.07, 6.45) is 0.270. The van der Waals surface area contributed by atoms with E-state index in [-0.39, 0.29) is 12.5 Å². The van der Waals surface area contributed by atoms with E-state index in [9.17, 15) is 8.78 Å². The van der Waals surface area contributed by atoms with E-state index in [1.165, 1.54) is 6.07 Å². The molecule has 0 heterocycles. The molecule has 4 heteroatoms. The van der Waals surface area contributed by atoms with Gasteiger partial charge in [0.05, 0.1) is 0 Å². The van der Waals surface area contributed by atoms with Crippen LogP contribution in [0.5, 0.6) is 0 Å². The molecular formula is C15H14BrF2N. The van der Waals surface area contributed by atoms with Crippen LogP contribution < -0.4 is 5.73 Å². The molecule has 0 aliphatic heterocycles. The van der Waals surface area contributed by atoms with Crippen molar-refractivity contribution in [3.8, 4) is 0 Å². The zero-order chi connectivity index (χ0) is 14.0. The summed E-state index contributed by atoms with van der Waals surface area (Å²) in [5.41, 5.74) is 8.36. The number of hydrogen-bond acceptors (Lipinski definition) is 1. The van der Waals surface area contributed by atoms with Crippen LogP contribution in [0.25, 0.3) is 0 Å². The Balaban J connectivity index is 2.25. The molecule has 2 rings (SSSR count). The van der Waals surface area contributed by atoms with Crippen molar-refractivity contribution in [1.29, 1.82) is 0 Å². The molecule has 0 aliphatic rings. The Morgan fingerprint density at radius 2 is 1.95 bits per heavy atom. The van der Waals surface area contributed by atoms with Crippen molar-refractivity contribution in [3.05, 3.63) is 69.2 Å². The summed E-state index contributed by atoms with van der Waals surface area (Å²) in [6, 6.07) is 9.56. The van der Waals surface area contributed by atoms with Gasteiger partial charge in [-0.1, -0.05) is 34.1 Å². The predicted molar refractivity (Wildman–Crippen MR) is 75.9 cm³/mol. The van der Waals surface area contributed by atoms with Crippen molar-refractivity contribution in [2.75, 3.05) is 0 Å². The molecule has 0 fully saturated rings. The summed E-state index contributed by atoms with van der Waals surface area (Å²) >= 11 is 3.38. The second kappa shape index (κ2) is 5.80. The van der Waals surface area contributed by atoms with E-state index in [0.717, 1.165) is 21.7 Å². The molecule has 1 unspecified atom stereocenters. The number of aryl methyl sites for hydroxylation is 1. The predicted octanol–water partition coefficient (Wildman–Crippen LogP) is 4.28. The molecule has 19 heavy (non-hydrogen) atoms. The maximum absolute atomic E-state index is 13.6. The maximum Gasteiger partial charge on any atom is 0.162 e. The zero-order valence-electron chi connectivity index (χ0n) is 10.5. The Kier molecular flexibility index (Phi) is 4.32. The van der Waals surface area contributed by atoms with E-state index >= 15 is 0 Å². The summed E-state index contributed by atoms with van der Waals surface area (Å²) in [7, 11) is 0. The molecule has 0 saturated carbocycles. The molecule has 2 aromatic carbocycles. The number of halogens is 3. The minimum Gasteiger partial charge on any atom is -0.324 e. The Labute approximate surface area is 119 Å². The Bertz CT molecular complexity index is 599. The fraction of sp³-hybridized carbons (Fsp3) is 0.200. The van der Waals surface area contributed by atoms with Crippen molar-refractivity contribution in [3.63, 3.8) is 0 Å². The summed E-state index contributed by atoms with van der Waals surface area (Å²) in [6.45, 7) is 1.95. The van der Waals surface area contributed by atoms with Crippen LogP contribution in [0.4, 0.5) is 8.78 Å². The van der Waals surface area contributed by atoms with Crippen molar-refractivity contribution in [2.45, 2.75) is 19.4 Å². The lowest BCUT2D eigenvalue weighted by Crippen LogP contribution is -2.15. The number of rotatable bonds is 3. The maximum atomic E-state index is 13.6. The molecule has 0 aliphatic carbocycles. The van der Waals surface area contributed by atoms with Gasteiger partial charge in [-0.25, -0.2) is 8.78 Å². The first-order valence-electron chi connectivity index (χ1n) is 5.93. The van der Waals surface area contributed by atoms with Gasteiger partial charge < -0.3 is 5.73 Å². The molecule has 0 bridgehead atoms. The summed E-state index contributed by atoms with van der Waals surface area (Å²) in [5, 5.41) is 0. The SMILES string of the molecule is Cc1cc(Br)ccc1C(N)Cc1cccc(F)c1F. The lowest BCUT2D eigenvalue weighted by Gasteiger charge is -2.15. The second-order valence-corrected chi connectivity index (χ2v) is 5.44. The molecule has 0 radical (unpaired) electrons. The molecule has 0 spiro atoms. The van der Waals surface area contributed by atoms with Crippen LogP contribution in [0.3, 0.4) is 0 Å². The molecular weight excluding hydrogens is 312 g/mol. The Hall–Kier alpha value is -1.26. The zero-order valence-corrected chi connectivity index (χ0v) is 12.0. The standard InChI is InChI=1S/C15H14BrF2N/c1-9-7-11(16)5-6-12(9)14(19)8-10-3-2-4-13(17)15(10)18/h2-7,14H,8,19H2,1H3. The Morgan fingerprint density at radius 3 is 2.63 bits per heavy atom. The first-order valence-corrected chi connectivity index (χ1v) is 6.73. The van der Waals surface area contributed by atoms with Gasteiger partial charge in [-0.3, -0.25) is 0 Å². The quantitative estimate of drug-likeness (QED) is 0.895. The first-order chi connectivity index (χ1) is 8.99. The highest BCUT2D eigenvalue weighted by Gasteiger charge is 2.14.